The van der Waals surface area contributed by atoms with Gasteiger partial charge in [0, 0.05) is 12.6 Å². The smallest absolute Gasteiger partial charge is 0.179 e. The molecule has 0 bridgehead atoms. The molecule has 2 rings (SSSR count). The minimum atomic E-state index is -0.772. The van der Waals surface area contributed by atoms with E-state index in [0.717, 1.165) is 38.1 Å². The van der Waals surface area contributed by atoms with E-state index in [0.29, 0.717) is 5.92 Å². The number of hydrogen-bond donors (Lipinski definition) is 0. The van der Waals surface area contributed by atoms with Crippen LogP contribution in [-0.2, 0) is 0 Å². The topological polar surface area (TPSA) is 20.3 Å². The summed E-state index contributed by atoms with van der Waals surface area (Å²) < 4.78 is 26.2. The molecule has 1 aliphatic rings. The lowest BCUT2D eigenvalue weighted by molar-refractivity contribution is 0.0939. The van der Waals surface area contributed by atoms with Crippen LogP contribution < -0.4 is 0 Å². The van der Waals surface area contributed by atoms with Crippen LogP contribution in [-0.4, -0.2) is 30.3 Å². The summed E-state index contributed by atoms with van der Waals surface area (Å²) in [4.78, 5) is 14.0. The molecular weight excluding hydrogens is 236 g/mol. The Morgan fingerprint density at radius 2 is 2.22 bits per heavy atom. The van der Waals surface area contributed by atoms with E-state index in [4.69, 9.17) is 0 Å². The number of halogens is 2. The van der Waals surface area contributed by atoms with Gasteiger partial charge in [-0.3, -0.25) is 9.69 Å². The van der Waals surface area contributed by atoms with Crippen LogP contribution in [0.2, 0.25) is 0 Å². The number of benzene rings is 1. The van der Waals surface area contributed by atoms with E-state index in [1.54, 1.807) is 0 Å². The zero-order valence-corrected chi connectivity index (χ0v) is 10.5. The molecule has 2 nitrogen and oxygen atoms in total. The maximum Gasteiger partial charge on any atom is 0.179 e. The van der Waals surface area contributed by atoms with Crippen LogP contribution in [0.25, 0.3) is 0 Å². The Kier molecular flexibility index (Phi) is 4.07. The molecule has 1 atom stereocenters. The molecule has 1 saturated heterocycles. The van der Waals surface area contributed by atoms with Gasteiger partial charge in [0.2, 0.25) is 0 Å². The molecule has 0 aliphatic carbocycles. The second-order valence-electron chi connectivity index (χ2n) is 4.85. The molecule has 0 amide bonds. The average molecular weight is 253 g/mol. The highest BCUT2D eigenvalue weighted by atomic mass is 19.1. The molecule has 18 heavy (non-hydrogen) atoms. The number of hydrogen-bond acceptors (Lipinski definition) is 2. The largest absolute Gasteiger partial charge is 0.296 e. The van der Waals surface area contributed by atoms with E-state index >= 15 is 0 Å². The molecule has 0 aromatic heterocycles. The summed E-state index contributed by atoms with van der Waals surface area (Å²) in [5, 5.41) is 0. The molecule has 0 radical (unpaired) electrons. The first-order chi connectivity index (χ1) is 8.60. The predicted molar refractivity (Wildman–Crippen MR) is 65.5 cm³/mol. The summed E-state index contributed by atoms with van der Waals surface area (Å²) in [7, 11) is 0. The van der Waals surface area contributed by atoms with E-state index in [1.165, 1.54) is 6.07 Å². The van der Waals surface area contributed by atoms with Crippen LogP contribution in [0.5, 0.6) is 0 Å². The van der Waals surface area contributed by atoms with Gasteiger partial charge in [-0.15, -0.1) is 0 Å². The lowest BCUT2D eigenvalue weighted by Crippen LogP contribution is -2.28. The first-order valence-corrected chi connectivity index (χ1v) is 6.30. The number of ketones is 1. The summed E-state index contributed by atoms with van der Waals surface area (Å²) in [5.74, 6) is -1.07. The quantitative estimate of drug-likeness (QED) is 0.769. The third kappa shape index (κ3) is 2.93. The molecule has 1 aliphatic heterocycles. The van der Waals surface area contributed by atoms with Gasteiger partial charge in [-0.1, -0.05) is 13.3 Å². The van der Waals surface area contributed by atoms with Crippen molar-refractivity contribution in [1.29, 1.82) is 0 Å². The van der Waals surface area contributed by atoms with Crippen LogP contribution in [0.1, 0.15) is 30.1 Å². The van der Waals surface area contributed by atoms with Crippen LogP contribution in [0.15, 0.2) is 18.2 Å². The number of likely N-dealkylation sites (tertiary alicyclic amines) is 1. The van der Waals surface area contributed by atoms with Crippen molar-refractivity contribution in [3.63, 3.8) is 0 Å². The Labute approximate surface area is 106 Å². The number of carbonyl (C=O) groups excluding carboxylic acids is 1. The summed E-state index contributed by atoms with van der Waals surface area (Å²) >= 11 is 0. The van der Waals surface area contributed by atoms with E-state index in [9.17, 15) is 13.6 Å². The highest BCUT2D eigenvalue weighted by Gasteiger charge is 2.24. The second kappa shape index (κ2) is 5.57. The van der Waals surface area contributed by atoms with Crippen LogP contribution >= 0.6 is 0 Å². The van der Waals surface area contributed by atoms with Gasteiger partial charge in [-0.2, -0.15) is 0 Å². The van der Waals surface area contributed by atoms with Crippen molar-refractivity contribution >= 4 is 5.78 Å². The molecule has 1 fully saturated rings. The Morgan fingerprint density at radius 3 is 2.83 bits per heavy atom. The number of rotatable bonds is 4. The van der Waals surface area contributed by atoms with Crippen molar-refractivity contribution < 1.29 is 13.6 Å². The first kappa shape index (κ1) is 13.1. The zero-order valence-electron chi connectivity index (χ0n) is 10.5. The summed E-state index contributed by atoms with van der Waals surface area (Å²) in [5.41, 5.74) is -0.0173. The molecule has 1 heterocycles. The standard InChI is InChI=1S/C14H17F2NO/c1-2-10-5-6-17(8-10)9-14(18)12-4-3-11(15)7-13(12)16/h3-4,7,10H,2,5-6,8-9H2,1H3. The van der Waals surface area contributed by atoms with Crippen molar-refractivity contribution in [2.45, 2.75) is 19.8 Å². The normalized spacial score (nSPS) is 20.3. The minimum Gasteiger partial charge on any atom is -0.296 e. The molecule has 98 valence electrons. The van der Waals surface area contributed by atoms with Gasteiger partial charge in [0.15, 0.2) is 5.78 Å². The number of carbonyl (C=O) groups is 1. The molecule has 1 aromatic rings. The average Bonchev–Trinajstić information content (AvgIpc) is 2.76. The van der Waals surface area contributed by atoms with Crippen LogP contribution in [0.3, 0.4) is 0 Å². The molecular formula is C14H17F2NO. The highest BCUT2D eigenvalue weighted by Crippen LogP contribution is 2.19. The van der Waals surface area contributed by atoms with Crippen LogP contribution in [0.4, 0.5) is 8.78 Å². The highest BCUT2D eigenvalue weighted by molar-refractivity contribution is 5.97. The van der Waals surface area contributed by atoms with Crippen LogP contribution in [0, 0.1) is 17.6 Å². The van der Waals surface area contributed by atoms with E-state index < -0.39 is 11.6 Å². The third-order valence-corrected chi connectivity index (χ3v) is 3.55. The fourth-order valence-corrected chi connectivity index (χ4v) is 2.39. The Balaban J connectivity index is 2.00. The van der Waals surface area contributed by atoms with Gasteiger partial charge in [-0.05, 0) is 31.0 Å². The minimum absolute atomic E-state index is 0.0173. The maximum absolute atomic E-state index is 13.4. The molecule has 4 heteroatoms. The van der Waals surface area contributed by atoms with Crippen molar-refractivity contribution in [3.8, 4) is 0 Å². The van der Waals surface area contributed by atoms with E-state index in [1.807, 2.05) is 4.90 Å². The monoisotopic (exact) mass is 253 g/mol. The Bertz CT molecular complexity index is 447. The second-order valence-corrected chi connectivity index (χ2v) is 4.85. The van der Waals surface area contributed by atoms with E-state index in [-0.39, 0.29) is 17.9 Å². The maximum atomic E-state index is 13.4. The summed E-state index contributed by atoms with van der Waals surface area (Å²) in [6.07, 6.45) is 2.20. The van der Waals surface area contributed by atoms with Gasteiger partial charge >= 0.3 is 0 Å². The lowest BCUT2D eigenvalue weighted by Gasteiger charge is -2.14. The SMILES string of the molecule is CCC1CCN(CC(=O)c2ccc(F)cc2F)C1. The van der Waals surface area contributed by atoms with Crippen molar-refractivity contribution in [2.75, 3.05) is 19.6 Å². The molecule has 0 saturated carbocycles. The van der Waals surface area contributed by atoms with Gasteiger partial charge < -0.3 is 0 Å². The molecule has 0 spiro atoms. The van der Waals surface area contributed by atoms with Crippen molar-refractivity contribution in [1.82, 2.24) is 4.90 Å². The fraction of sp³-hybridized carbons (Fsp3) is 0.500. The van der Waals surface area contributed by atoms with Gasteiger partial charge in [0.25, 0.3) is 0 Å². The lowest BCUT2D eigenvalue weighted by atomic mass is 10.1. The van der Waals surface area contributed by atoms with Gasteiger partial charge in [0.1, 0.15) is 11.6 Å². The summed E-state index contributed by atoms with van der Waals surface area (Å²) in [6.45, 7) is 4.13. The van der Waals surface area contributed by atoms with Crippen molar-refractivity contribution in [3.05, 3.63) is 35.4 Å². The predicted octanol–water partition coefficient (Wildman–Crippen LogP) is 2.88. The molecule has 1 aromatic carbocycles. The summed E-state index contributed by atoms with van der Waals surface area (Å²) in [6, 6.07) is 3.10. The third-order valence-electron chi connectivity index (χ3n) is 3.55. The number of nitrogens with zero attached hydrogens (tertiary/aromatic N) is 1. The Hall–Kier alpha value is -1.29. The van der Waals surface area contributed by atoms with E-state index in [2.05, 4.69) is 6.92 Å². The fourth-order valence-electron chi connectivity index (χ4n) is 2.39. The number of Topliss-reactive ketones (excluding diaryl/α,β-unsaturated/α-hetero) is 1. The molecule has 0 N–H and O–H groups in total. The molecule has 1 unspecified atom stereocenters. The zero-order chi connectivity index (χ0) is 13.1. The first-order valence-electron chi connectivity index (χ1n) is 6.30. The Morgan fingerprint density at radius 1 is 1.44 bits per heavy atom. The van der Waals surface area contributed by atoms with Crippen molar-refractivity contribution in [2.24, 2.45) is 5.92 Å². The van der Waals surface area contributed by atoms with Gasteiger partial charge in [0.05, 0.1) is 12.1 Å². The van der Waals surface area contributed by atoms with Gasteiger partial charge in [-0.25, -0.2) is 8.78 Å².